The molecule has 2 aromatic rings. The Bertz CT molecular complexity index is 721. The van der Waals surface area contributed by atoms with Crippen LogP contribution in [0.2, 0.25) is 0 Å². The van der Waals surface area contributed by atoms with Crippen LogP contribution in [0, 0.1) is 20.8 Å². The van der Waals surface area contributed by atoms with E-state index < -0.39 is 7.80 Å². The SMILES string of the molecule is CCOc1c(C)cc(C)c(C(=O)[P+](=O)c2ccccc2)c1C. The molecular weight excluding hydrogens is 295 g/mol. The third kappa shape index (κ3) is 3.10. The summed E-state index contributed by atoms with van der Waals surface area (Å²) < 4.78 is 18.2. The average molecular weight is 315 g/mol. The van der Waals surface area contributed by atoms with Gasteiger partial charge in [-0.05, 0) is 51.0 Å². The first-order valence-corrected chi connectivity index (χ1v) is 8.53. The molecule has 0 aliphatic carbocycles. The van der Waals surface area contributed by atoms with Crippen molar-refractivity contribution in [3.05, 3.63) is 58.7 Å². The summed E-state index contributed by atoms with van der Waals surface area (Å²) in [6.07, 6.45) is 0. The van der Waals surface area contributed by atoms with Gasteiger partial charge >= 0.3 is 13.3 Å². The highest BCUT2D eigenvalue weighted by Crippen LogP contribution is 2.35. The molecule has 1 atom stereocenters. The second kappa shape index (κ2) is 6.85. The third-order valence-electron chi connectivity index (χ3n) is 3.58. The van der Waals surface area contributed by atoms with E-state index in [-0.39, 0.29) is 5.52 Å². The summed E-state index contributed by atoms with van der Waals surface area (Å²) in [4.78, 5) is 12.7. The molecule has 0 bridgehead atoms. The fourth-order valence-electron chi connectivity index (χ4n) is 2.65. The molecule has 0 fully saturated rings. The van der Waals surface area contributed by atoms with Crippen molar-refractivity contribution in [3.8, 4) is 5.75 Å². The summed E-state index contributed by atoms with van der Waals surface area (Å²) >= 11 is 0. The number of hydrogen-bond donors (Lipinski definition) is 0. The Morgan fingerprint density at radius 1 is 1.09 bits per heavy atom. The quantitative estimate of drug-likeness (QED) is 0.773. The van der Waals surface area contributed by atoms with Crippen molar-refractivity contribution in [3.63, 3.8) is 0 Å². The van der Waals surface area contributed by atoms with E-state index in [0.29, 0.717) is 23.2 Å². The molecule has 0 saturated carbocycles. The maximum absolute atomic E-state index is 12.7. The zero-order valence-corrected chi connectivity index (χ0v) is 14.2. The van der Waals surface area contributed by atoms with Gasteiger partial charge in [-0.15, -0.1) is 0 Å². The molecule has 0 aromatic heterocycles. The number of rotatable bonds is 5. The van der Waals surface area contributed by atoms with Crippen LogP contribution in [0.1, 0.15) is 34.0 Å². The fourth-order valence-corrected chi connectivity index (χ4v) is 3.87. The van der Waals surface area contributed by atoms with E-state index in [1.54, 1.807) is 24.3 Å². The molecule has 2 rings (SSSR count). The standard InChI is InChI=1S/C18H20O3P/c1-5-21-17-13(3)11-12(2)16(14(17)4)18(19)22(20)15-9-7-6-8-10-15/h6-11H,5H2,1-4H3/q+1. The molecule has 3 nitrogen and oxygen atoms in total. The molecule has 1 unspecified atom stereocenters. The maximum Gasteiger partial charge on any atom is 0.458 e. The Hall–Kier alpha value is -1.99. The summed E-state index contributed by atoms with van der Waals surface area (Å²) in [6.45, 7) is 8.12. The molecule has 0 amide bonds. The average Bonchev–Trinajstić information content (AvgIpc) is 2.51. The first-order chi connectivity index (χ1) is 10.5. The zero-order valence-electron chi connectivity index (χ0n) is 13.3. The number of carbonyl (C=O) groups is 1. The highest BCUT2D eigenvalue weighted by atomic mass is 31.1. The summed E-state index contributed by atoms with van der Waals surface area (Å²) in [5, 5.41) is 0.555. The topological polar surface area (TPSA) is 43.4 Å². The number of ether oxygens (including phenoxy) is 1. The normalized spacial score (nSPS) is 11.2. The molecule has 4 heteroatoms. The van der Waals surface area contributed by atoms with Crippen LogP contribution < -0.4 is 10.0 Å². The van der Waals surface area contributed by atoms with Crippen LogP contribution in [-0.4, -0.2) is 12.1 Å². The highest BCUT2D eigenvalue weighted by Gasteiger charge is 2.35. The first kappa shape index (κ1) is 16.4. The van der Waals surface area contributed by atoms with Gasteiger partial charge in [0, 0.05) is 5.56 Å². The van der Waals surface area contributed by atoms with Crippen LogP contribution in [-0.2, 0) is 4.57 Å². The van der Waals surface area contributed by atoms with Crippen molar-refractivity contribution in [1.82, 2.24) is 0 Å². The minimum Gasteiger partial charge on any atom is -0.493 e. The van der Waals surface area contributed by atoms with Gasteiger partial charge in [0.2, 0.25) is 0 Å². The van der Waals surface area contributed by atoms with Crippen molar-refractivity contribution < 1.29 is 14.1 Å². The van der Waals surface area contributed by atoms with Gasteiger partial charge in [0.25, 0.3) is 0 Å². The van der Waals surface area contributed by atoms with E-state index in [9.17, 15) is 9.36 Å². The lowest BCUT2D eigenvalue weighted by atomic mass is 9.99. The number of benzene rings is 2. The Labute approximate surface area is 132 Å². The lowest BCUT2D eigenvalue weighted by Crippen LogP contribution is -2.09. The molecule has 0 radical (unpaired) electrons. The van der Waals surface area contributed by atoms with Crippen LogP contribution in [0.3, 0.4) is 0 Å². The number of aryl methyl sites for hydroxylation is 2. The minimum atomic E-state index is -2.12. The van der Waals surface area contributed by atoms with Gasteiger partial charge in [-0.1, -0.05) is 28.8 Å². The Morgan fingerprint density at radius 2 is 1.73 bits per heavy atom. The molecule has 22 heavy (non-hydrogen) atoms. The van der Waals surface area contributed by atoms with Crippen LogP contribution in [0.25, 0.3) is 0 Å². The fraction of sp³-hybridized carbons (Fsp3) is 0.278. The first-order valence-electron chi connectivity index (χ1n) is 7.27. The summed E-state index contributed by atoms with van der Waals surface area (Å²) in [5.41, 5.74) is 2.77. The molecule has 0 heterocycles. The molecule has 0 aliphatic heterocycles. The maximum atomic E-state index is 12.7. The predicted molar refractivity (Wildman–Crippen MR) is 89.8 cm³/mol. The summed E-state index contributed by atoms with van der Waals surface area (Å²) in [5.74, 6) is 0.716. The van der Waals surface area contributed by atoms with Crippen molar-refractivity contribution in [2.45, 2.75) is 27.7 Å². The highest BCUT2D eigenvalue weighted by molar-refractivity contribution is 7.71. The van der Waals surface area contributed by atoms with Gasteiger partial charge in [0.15, 0.2) is 5.30 Å². The van der Waals surface area contributed by atoms with E-state index in [1.807, 2.05) is 39.8 Å². The van der Waals surface area contributed by atoms with Gasteiger partial charge in [-0.25, -0.2) is 4.79 Å². The lowest BCUT2D eigenvalue weighted by Gasteiger charge is -2.14. The predicted octanol–water partition coefficient (Wildman–Crippen LogP) is 4.30. The zero-order chi connectivity index (χ0) is 16.3. The van der Waals surface area contributed by atoms with E-state index >= 15 is 0 Å². The van der Waals surface area contributed by atoms with E-state index in [4.69, 9.17) is 4.74 Å². The van der Waals surface area contributed by atoms with E-state index in [0.717, 1.165) is 16.7 Å². The molecular formula is C18H20O3P+. The van der Waals surface area contributed by atoms with E-state index in [1.165, 1.54) is 0 Å². The Morgan fingerprint density at radius 3 is 2.32 bits per heavy atom. The van der Waals surface area contributed by atoms with Crippen LogP contribution in [0.4, 0.5) is 0 Å². The second-order valence-electron chi connectivity index (χ2n) is 5.21. The lowest BCUT2D eigenvalue weighted by molar-refractivity contribution is 0.107. The van der Waals surface area contributed by atoms with Gasteiger partial charge in [-0.3, -0.25) is 0 Å². The molecule has 0 saturated heterocycles. The van der Waals surface area contributed by atoms with Crippen LogP contribution >= 0.6 is 7.80 Å². The molecule has 2 aromatic carbocycles. The third-order valence-corrected chi connectivity index (χ3v) is 4.94. The smallest absolute Gasteiger partial charge is 0.458 e. The second-order valence-corrected chi connectivity index (χ2v) is 6.72. The molecule has 0 spiro atoms. The van der Waals surface area contributed by atoms with Crippen molar-refractivity contribution in [2.24, 2.45) is 0 Å². The van der Waals surface area contributed by atoms with Gasteiger partial charge in [-0.2, -0.15) is 0 Å². The summed E-state index contributed by atoms with van der Waals surface area (Å²) in [7, 11) is -2.12. The number of carbonyl (C=O) groups excluding carboxylic acids is 1. The van der Waals surface area contributed by atoms with E-state index in [2.05, 4.69) is 0 Å². The van der Waals surface area contributed by atoms with Crippen LogP contribution in [0.5, 0.6) is 5.75 Å². The van der Waals surface area contributed by atoms with Gasteiger partial charge in [0.05, 0.1) is 12.2 Å². The largest absolute Gasteiger partial charge is 0.493 e. The monoisotopic (exact) mass is 315 g/mol. The minimum absolute atomic E-state index is 0.336. The van der Waals surface area contributed by atoms with Crippen molar-refractivity contribution in [2.75, 3.05) is 6.61 Å². The van der Waals surface area contributed by atoms with Crippen molar-refractivity contribution >= 4 is 18.6 Å². The molecule has 0 N–H and O–H groups in total. The van der Waals surface area contributed by atoms with Crippen LogP contribution in [0.15, 0.2) is 36.4 Å². The van der Waals surface area contributed by atoms with Gasteiger partial charge < -0.3 is 4.74 Å². The Balaban J connectivity index is 2.50. The Kier molecular flexibility index (Phi) is 5.10. The van der Waals surface area contributed by atoms with Crippen molar-refractivity contribution in [1.29, 1.82) is 0 Å². The summed E-state index contributed by atoms with van der Waals surface area (Å²) in [6, 6.07) is 10.8. The molecule has 114 valence electrons. The molecule has 0 aliphatic rings. The number of hydrogen-bond acceptors (Lipinski definition) is 3. The van der Waals surface area contributed by atoms with Gasteiger partial charge in [0.1, 0.15) is 5.75 Å².